The summed E-state index contributed by atoms with van der Waals surface area (Å²) < 4.78 is 0. The van der Waals surface area contributed by atoms with Gasteiger partial charge in [-0.05, 0) is 56.2 Å². The molecule has 4 rings (SSSR count). The highest BCUT2D eigenvalue weighted by molar-refractivity contribution is 6.03. The van der Waals surface area contributed by atoms with Crippen molar-refractivity contribution in [2.24, 2.45) is 0 Å². The Hall–Kier alpha value is -3.48. The van der Waals surface area contributed by atoms with Crippen molar-refractivity contribution in [2.75, 3.05) is 16.0 Å². The van der Waals surface area contributed by atoms with E-state index in [0.717, 1.165) is 42.6 Å². The lowest BCUT2D eigenvalue weighted by Gasteiger charge is -2.34. The molecule has 0 radical (unpaired) electrons. The second-order valence-corrected chi connectivity index (χ2v) is 7.63. The van der Waals surface area contributed by atoms with Crippen LogP contribution in [0.15, 0.2) is 55.0 Å². The number of amides is 2. The molecule has 3 aromatic heterocycles. The lowest BCUT2D eigenvalue weighted by molar-refractivity contribution is 0.252. The number of nitrogen functional groups attached to an aromatic ring is 1. The zero-order valence-corrected chi connectivity index (χ0v) is 17.1. The van der Waals surface area contributed by atoms with Crippen molar-refractivity contribution in [3.8, 4) is 11.3 Å². The van der Waals surface area contributed by atoms with Crippen molar-refractivity contribution in [1.29, 1.82) is 0 Å². The van der Waals surface area contributed by atoms with Gasteiger partial charge in [0, 0.05) is 29.7 Å². The predicted octanol–water partition coefficient (Wildman–Crippen LogP) is 4.80. The molecule has 0 spiro atoms. The summed E-state index contributed by atoms with van der Waals surface area (Å²) in [5.41, 5.74) is 10.00. The van der Waals surface area contributed by atoms with E-state index in [9.17, 15) is 4.79 Å². The van der Waals surface area contributed by atoms with Gasteiger partial charge in [0.25, 0.3) is 0 Å². The molecule has 154 valence electrons. The number of nitrogens with zero attached hydrogens (tertiary/aromatic N) is 4. The molecule has 1 aliphatic carbocycles. The topological polar surface area (TPSA) is 97.0 Å². The highest BCUT2D eigenvalue weighted by atomic mass is 16.2. The standard InChI is InChI=1S/C23H26N6O/c1-16-9-10-17(14-26-16)21-12-11-20(24)22(28-21)29(19-7-3-2-4-8-19)23(30)27-18-6-5-13-25-15-18/h5-6,9-15,19H,2-4,7-8,24H2,1H3,(H,27,30). The molecule has 3 N–H and O–H groups in total. The summed E-state index contributed by atoms with van der Waals surface area (Å²) in [4.78, 5) is 28.3. The van der Waals surface area contributed by atoms with E-state index < -0.39 is 0 Å². The summed E-state index contributed by atoms with van der Waals surface area (Å²) in [6.07, 6.45) is 10.3. The molecule has 0 bridgehead atoms. The fourth-order valence-electron chi connectivity index (χ4n) is 3.83. The number of nitrogens with two attached hydrogens (primary N) is 1. The summed E-state index contributed by atoms with van der Waals surface area (Å²) in [7, 11) is 0. The van der Waals surface area contributed by atoms with E-state index in [4.69, 9.17) is 10.7 Å². The van der Waals surface area contributed by atoms with Crippen LogP contribution < -0.4 is 16.0 Å². The number of aryl methyl sites for hydroxylation is 1. The molecule has 30 heavy (non-hydrogen) atoms. The van der Waals surface area contributed by atoms with Gasteiger partial charge in [0.15, 0.2) is 5.82 Å². The van der Waals surface area contributed by atoms with Crippen LogP contribution in [0, 0.1) is 6.92 Å². The average Bonchev–Trinajstić information content (AvgIpc) is 2.77. The molecule has 3 aromatic rings. The van der Waals surface area contributed by atoms with Crippen LogP contribution in [-0.2, 0) is 0 Å². The van der Waals surface area contributed by atoms with E-state index in [2.05, 4.69) is 15.3 Å². The molecule has 0 aliphatic heterocycles. The van der Waals surface area contributed by atoms with Gasteiger partial charge in [0.1, 0.15) is 0 Å². The van der Waals surface area contributed by atoms with Gasteiger partial charge in [-0.1, -0.05) is 19.3 Å². The quantitative estimate of drug-likeness (QED) is 0.653. The first-order chi connectivity index (χ1) is 14.6. The second-order valence-electron chi connectivity index (χ2n) is 7.63. The first kappa shape index (κ1) is 19.8. The van der Waals surface area contributed by atoms with Crippen LogP contribution in [0.5, 0.6) is 0 Å². The fraction of sp³-hybridized carbons (Fsp3) is 0.304. The van der Waals surface area contributed by atoms with Gasteiger partial charge >= 0.3 is 6.03 Å². The van der Waals surface area contributed by atoms with Gasteiger partial charge in [-0.2, -0.15) is 0 Å². The van der Waals surface area contributed by atoms with Gasteiger partial charge in [-0.3, -0.25) is 14.9 Å². The summed E-state index contributed by atoms with van der Waals surface area (Å²) in [6, 6.07) is 11.0. The second kappa shape index (κ2) is 8.90. The van der Waals surface area contributed by atoms with Crippen molar-refractivity contribution in [3.05, 3.63) is 60.7 Å². The largest absolute Gasteiger partial charge is 0.396 e. The van der Waals surface area contributed by atoms with Crippen LogP contribution in [0.25, 0.3) is 11.3 Å². The number of urea groups is 1. The normalized spacial score (nSPS) is 14.3. The molecule has 0 saturated heterocycles. The number of pyridine rings is 3. The Labute approximate surface area is 176 Å². The van der Waals surface area contributed by atoms with Gasteiger partial charge in [0.05, 0.1) is 23.3 Å². The minimum absolute atomic E-state index is 0.0524. The molecule has 0 aromatic carbocycles. The van der Waals surface area contributed by atoms with Crippen molar-refractivity contribution in [3.63, 3.8) is 0 Å². The molecule has 7 heteroatoms. The Morgan fingerprint density at radius 1 is 1.10 bits per heavy atom. The van der Waals surface area contributed by atoms with Gasteiger partial charge < -0.3 is 11.1 Å². The van der Waals surface area contributed by atoms with Gasteiger partial charge in [-0.25, -0.2) is 9.78 Å². The maximum Gasteiger partial charge on any atom is 0.327 e. The number of aromatic nitrogens is 3. The SMILES string of the molecule is Cc1ccc(-c2ccc(N)c(N(C(=O)Nc3cccnc3)C3CCCCC3)n2)cn1. The van der Waals surface area contributed by atoms with Crippen LogP contribution in [0.2, 0.25) is 0 Å². The molecule has 1 aliphatic rings. The minimum Gasteiger partial charge on any atom is -0.396 e. The Balaban J connectivity index is 1.71. The zero-order chi connectivity index (χ0) is 20.9. The number of hydrogen-bond acceptors (Lipinski definition) is 5. The number of hydrogen-bond donors (Lipinski definition) is 2. The van der Waals surface area contributed by atoms with Crippen molar-refractivity contribution < 1.29 is 4.79 Å². The third-order valence-corrected chi connectivity index (χ3v) is 5.41. The average molecular weight is 403 g/mol. The Bertz CT molecular complexity index is 1000. The molecule has 1 saturated carbocycles. The molecule has 1 fully saturated rings. The van der Waals surface area contributed by atoms with E-state index >= 15 is 0 Å². The third kappa shape index (κ3) is 4.40. The number of rotatable bonds is 4. The Kier molecular flexibility index (Phi) is 5.88. The van der Waals surface area contributed by atoms with Crippen molar-refractivity contribution in [1.82, 2.24) is 15.0 Å². The van der Waals surface area contributed by atoms with Crippen molar-refractivity contribution >= 4 is 23.2 Å². The fourth-order valence-corrected chi connectivity index (χ4v) is 3.83. The van der Waals surface area contributed by atoms with E-state index in [-0.39, 0.29) is 12.1 Å². The van der Waals surface area contributed by atoms with Crippen molar-refractivity contribution in [2.45, 2.75) is 45.1 Å². The maximum atomic E-state index is 13.3. The third-order valence-electron chi connectivity index (χ3n) is 5.41. The molecule has 7 nitrogen and oxygen atoms in total. The lowest BCUT2D eigenvalue weighted by Crippen LogP contribution is -2.45. The van der Waals surface area contributed by atoms with E-state index in [0.29, 0.717) is 17.2 Å². The highest BCUT2D eigenvalue weighted by Crippen LogP contribution is 2.32. The smallest absolute Gasteiger partial charge is 0.327 e. The van der Waals surface area contributed by atoms with Crippen LogP contribution >= 0.6 is 0 Å². The zero-order valence-electron chi connectivity index (χ0n) is 17.1. The van der Waals surface area contributed by atoms with Gasteiger partial charge in [0.2, 0.25) is 0 Å². The Morgan fingerprint density at radius 2 is 1.93 bits per heavy atom. The summed E-state index contributed by atoms with van der Waals surface area (Å²) in [5.74, 6) is 0.487. The molecular weight excluding hydrogens is 376 g/mol. The van der Waals surface area contributed by atoms with Crippen LogP contribution in [-0.4, -0.2) is 27.0 Å². The molecule has 3 heterocycles. The van der Waals surface area contributed by atoms with E-state index in [1.54, 1.807) is 29.6 Å². The number of carbonyl (C=O) groups is 1. The van der Waals surface area contributed by atoms with Crippen LogP contribution in [0.4, 0.5) is 22.0 Å². The van der Waals surface area contributed by atoms with Crippen LogP contribution in [0.1, 0.15) is 37.8 Å². The molecular formula is C23H26N6O. The minimum atomic E-state index is -0.242. The van der Waals surface area contributed by atoms with Crippen LogP contribution in [0.3, 0.4) is 0 Å². The maximum absolute atomic E-state index is 13.3. The van der Waals surface area contributed by atoms with Gasteiger partial charge in [-0.15, -0.1) is 0 Å². The van der Waals surface area contributed by atoms with E-state index in [1.807, 2.05) is 37.3 Å². The summed E-state index contributed by atoms with van der Waals surface area (Å²) in [6.45, 7) is 1.94. The first-order valence-corrected chi connectivity index (χ1v) is 10.3. The number of carbonyl (C=O) groups excluding carboxylic acids is 1. The monoisotopic (exact) mass is 402 g/mol. The molecule has 0 atom stereocenters. The number of nitrogens with one attached hydrogen (secondary N) is 1. The highest BCUT2D eigenvalue weighted by Gasteiger charge is 2.30. The number of anilines is 3. The summed E-state index contributed by atoms with van der Waals surface area (Å²) >= 11 is 0. The predicted molar refractivity (Wildman–Crippen MR) is 119 cm³/mol. The molecule has 0 unspecified atom stereocenters. The first-order valence-electron chi connectivity index (χ1n) is 10.3. The summed E-state index contributed by atoms with van der Waals surface area (Å²) in [5, 5.41) is 2.95. The lowest BCUT2D eigenvalue weighted by atomic mass is 9.94. The Morgan fingerprint density at radius 3 is 2.63 bits per heavy atom. The van der Waals surface area contributed by atoms with E-state index in [1.165, 1.54) is 6.42 Å². The molecule has 2 amide bonds.